The Balaban J connectivity index is 2.21. The van der Waals surface area contributed by atoms with Gasteiger partial charge in [0.2, 0.25) is 5.91 Å². The van der Waals surface area contributed by atoms with E-state index < -0.39 is 12.0 Å². The third-order valence-corrected chi connectivity index (χ3v) is 2.86. The second-order valence-electron chi connectivity index (χ2n) is 4.19. The van der Waals surface area contributed by atoms with E-state index in [0.717, 1.165) is 22.9 Å². The van der Waals surface area contributed by atoms with E-state index >= 15 is 0 Å². The largest absolute Gasteiger partial charge is 0.478 e. The minimum Gasteiger partial charge on any atom is -0.478 e. The molecule has 94 valence electrons. The number of aryl methyl sites for hydroxylation is 1. The number of nitrogens with one attached hydrogen (secondary N) is 1. The summed E-state index contributed by atoms with van der Waals surface area (Å²) in [5.41, 5.74) is 8.55. The molecule has 0 saturated heterocycles. The lowest BCUT2D eigenvalue weighted by atomic mass is 9.97. The molecule has 5 heteroatoms. The van der Waals surface area contributed by atoms with Crippen molar-refractivity contribution in [3.63, 3.8) is 0 Å². The minimum absolute atomic E-state index is 0.0188. The van der Waals surface area contributed by atoms with Crippen LogP contribution in [0.25, 0.3) is 0 Å². The molecule has 0 radical (unpaired) electrons. The fraction of sp³-hybridized carbons (Fsp3) is 0.231. The zero-order valence-electron chi connectivity index (χ0n) is 9.72. The minimum atomic E-state index is -1.02. The topological polar surface area (TPSA) is 92.4 Å². The van der Waals surface area contributed by atoms with Gasteiger partial charge in [-0.1, -0.05) is 18.2 Å². The van der Waals surface area contributed by atoms with Crippen molar-refractivity contribution in [3.05, 3.63) is 41.5 Å². The van der Waals surface area contributed by atoms with E-state index in [4.69, 9.17) is 10.8 Å². The van der Waals surface area contributed by atoms with Crippen LogP contribution in [0.3, 0.4) is 0 Å². The third kappa shape index (κ3) is 2.75. The molecule has 1 atom stereocenters. The fourth-order valence-electron chi connectivity index (χ4n) is 1.91. The van der Waals surface area contributed by atoms with Crippen LogP contribution in [0.5, 0.6) is 0 Å². The maximum Gasteiger partial charge on any atom is 0.328 e. The molecular formula is C13H14N2O3. The highest BCUT2D eigenvalue weighted by Crippen LogP contribution is 2.25. The first-order valence-corrected chi connectivity index (χ1v) is 5.65. The molecule has 0 fully saturated rings. The number of carboxylic acid groups (broad SMARTS) is 1. The molecule has 0 bridgehead atoms. The third-order valence-electron chi connectivity index (χ3n) is 2.86. The molecule has 0 aromatic heterocycles. The molecule has 1 aliphatic heterocycles. The average Bonchev–Trinajstić information content (AvgIpc) is 2.35. The number of carbonyl (C=O) groups excluding carboxylic acids is 1. The summed E-state index contributed by atoms with van der Waals surface area (Å²) in [6.07, 6.45) is 3.62. The number of amides is 1. The summed E-state index contributed by atoms with van der Waals surface area (Å²) in [5, 5.41) is 11.3. The predicted molar refractivity (Wildman–Crippen MR) is 67.1 cm³/mol. The van der Waals surface area contributed by atoms with Crippen molar-refractivity contribution < 1.29 is 14.7 Å². The molecule has 1 aromatic rings. The van der Waals surface area contributed by atoms with Crippen molar-refractivity contribution >= 4 is 17.6 Å². The highest BCUT2D eigenvalue weighted by Gasteiger charge is 2.15. The van der Waals surface area contributed by atoms with E-state index in [1.165, 1.54) is 6.08 Å². The molecule has 1 unspecified atom stereocenters. The number of aliphatic carboxylic acids is 1. The van der Waals surface area contributed by atoms with Crippen LogP contribution in [0.2, 0.25) is 0 Å². The molecule has 0 aliphatic carbocycles. The van der Waals surface area contributed by atoms with E-state index in [1.54, 1.807) is 12.1 Å². The molecular weight excluding hydrogens is 232 g/mol. The van der Waals surface area contributed by atoms with Gasteiger partial charge in [0.25, 0.3) is 0 Å². The van der Waals surface area contributed by atoms with Crippen molar-refractivity contribution in [2.45, 2.75) is 18.9 Å². The standard InChI is InChI=1S/C13H14N2O3/c14-10(3-6-13(17)18)8-1-4-11-9(7-8)2-5-12(16)15-11/h1,3-4,6-7,10H,2,5,14H2,(H,15,16)(H,17,18)/b6-3+. The number of carbonyl (C=O) groups is 2. The Morgan fingerprint density at radius 1 is 1.44 bits per heavy atom. The first kappa shape index (κ1) is 12.3. The number of hydrogen-bond donors (Lipinski definition) is 3. The van der Waals surface area contributed by atoms with Crippen LogP contribution in [0.15, 0.2) is 30.4 Å². The Hall–Kier alpha value is -2.14. The number of hydrogen-bond acceptors (Lipinski definition) is 3. The second kappa shape index (κ2) is 5.01. The van der Waals surface area contributed by atoms with E-state index in [1.807, 2.05) is 6.07 Å². The van der Waals surface area contributed by atoms with E-state index in [-0.39, 0.29) is 5.91 Å². The lowest BCUT2D eigenvalue weighted by Gasteiger charge is -2.18. The second-order valence-corrected chi connectivity index (χ2v) is 4.19. The summed E-state index contributed by atoms with van der Waals surface area (Å²) in [4.78, 5) is 21.6. The van der Waals surface area contributed by atoms with Crippen molar-refractivity contribution in [3.8, 4) is 0 Å². The Bertz CT molecular complexity index is 523. The highest BCUT2D eigenvalue weighted by atomic mass is 16.4. The van der Waals surface area contributed by atoms with E-state index in [9.17, 15) is 9.59 Å². The van der Waals surface area contributed by atoms with Crippen molar-refractivity contribution in [1.82, 2.24) is 0 Å². The van der Waals surface area contributed by atoms with E-state index in [2.05, 4.69) is 5.32 Å². The van der Waals surface area contributed by atoms with Gasteiger partial charge in [-0.3, -0.25) is 4.79 Å². The molecule has 4 N–H and O–H groups in total. The maximum atomic E-state index is 11.2. The van der Waals surface area contributed by atoms with Gasteiger partial charge in [-0.25, -0.2) is 4.79 Å². The summed E-state index contributed by atoms with van der Waals surface area (Å²) in [6, 6.07) is 5.05. The van der Waals surface area contributed by atoms with Gasteiger partial charge in [-0.15, -0.1) is 0 Å². The molecule has 18 heavy (non-hydrogen) atoms. The van der Waals surface area contributed by atoms with Crippen LogP contribution in [0.1, 0.15) is 23.6 Å². The summed E-state index contributed by atoms with van der Waals surface area (Å²) in [7, 11) is 0. The van der Waals surface area contributed by atoms with Gasteiger partial charge in [0, 0.05) is 24.2 Å². The zero-order valence-corrected chi connectivity index (χ0v) is 9.72. The normalized spacial score (nSPS) is 16.2. The average molecular weight is 246 g/mol. The van der Waals surface area contributed by atoms with Gasteiger partial charge in [0.05, 0.1) is 0 Å². The number of benzene rings is 1. The van der Waals surface area contributed by atoms with Crippen molar-refractivity contribution in [1.29, 1.82) is 0 Å². The van der Waals surface area contributed by atoms with Crippen LogP contribution in [-0.2, 0) is 16.0 Å². The number of rotatable bonds is 3. The molecule has 1 aliphatic rings. The summed E-state index contributed by atoms with van der Waals surface area (Å²) >= 11 is 0. The lowest BCUT2D eigenvalue weighted by molar-refractivity contribution is -0.131. The lowest BCUT2D eigenvalue weighted by Crippen LogP contribution is -2.19. The quantitative estimate of drug-likeness (QED) is 0.699. The van der Waals surface area contributed by atoms with Crippen LogP contribution < -0.4 is 11.1 Å². The summed E-state index contributed by atoms with van der Waals surface area (Å²) in [6.45, 7) is 0. The Labute approximate surface area is 104 Å². The smallest absolute Gasteiger partial charge is 0.328 e. The molecule has 1 aromatic carbocycles. The number of fused-ring (bicyclic) bond motifs is 1. The summed E-state index contributed by atoms with van der Waals surface area (Å²) in [5.74, 6) is -0.999. The summed E-state index contributed by atoms with van der Waals surface area (Å²) < 4.78 is 0. The molecule has 1 heterocycles. The molecule has 0 saturated carbocycles. The highest BCUT2D eigenvalue weighted by molar-refractivity contribution is 5.93. The number of carboxylic acids is 1. The molecule has 5 nitrogen and oxygen atoms in total. The molecule has 1 amide bonds. The monoisotopic (exact) mass is 246 g/mol. The SMILES string of the molecule is NC(/C=C/C(=O)O)c1ccc2c(c1)CCC(=O)N2. The maximum absolute atomic E-state index is 11.2. The Kier molecular flexibility index (Phi) is 3.43. The number of anilines is 1. The van der Waals surface area contributed by atoms with Gasteiger partial charge < -0.3 is 16.2 Å². The zero-order chi connectivity index (χ0) is 13.1. The molecule has 2 rings (SSSR count). The van der Waals surface area contributed by atoms with Crippen LogP contribution in [0, 0.1) is 0 Å². The molecule has 0 spiro atoms. The van der Waals surface area contributed by atoms with Gasteiger partial charge in [0.15, 0.2) is 0 Å². The van der Waals surface area contributed by atoms with Crippen molar-refractivity contribution in [2.75, 3.05) is 5.32 Å². The fourth-order valence-corrected chi connectivity index (χ4v) is 1.91. The Morgan fingerprint density at radius 3 is 2.94 bits per heavy atom. The first-order valence-electron chi connectivity index (χ1n) is 5.65. The number of nitrogens with two attached hydrogens (primary N) is 1. The van der Waals surface area contributed by atoms with Crippen LogP contribution in [-0.4, -0.2) is 17.0 Å². The van der Waals surface area contributed by atoms with Crippen LogP contribution in [0.4, 0.5) is 5.69 Å². The van der Waals surface area contributed by atoms with Gasteiger partial charge >= 0.3 is 5.97 Å². The van der Waals surface area contributed by atoms with Crippen molar-refractivity contribution in [2.24, 2.45) is 5.73 Å². The Morgan fingerprint density at radius 2 is 2.22 bits per heavy atom. The van der Waals surface area contributed by atoms with Gasteiger partial charge in [0.1, 0.15) is 0 Å². The van der Waals surface area contributed by atoms with E-state index in [0.29, 0.717) is 12.8 Å². The first-order chi connectivity index (χ1) is 8.56. The van der Waals surface area contributed by atoms with Gasteiger partial charge in [-0.2, -0.15) is 0 Å². The van der Waals surface area contributed by atoms with Gasteiger partial charge in [-0.05, 0) is 23.6 Å². The van der Waals surface area contributed by atoms with Crippen LogP contribution >= 0.6 is 0 Å². The predicted octanol–water partition coefficient (Wildman–Crippen LogP) is 1.21.